The van der Waals surface area contributed by atoms with E-state index in [1.54, 1.807) is 12.1 Å². The number of aromatic nitrogens is 4. The fourth-order valence-electron chi connectivity index (χ4n) is 2.48. The van der Waals surface area contributed by atoms with E-state index < -0.39 is 0 Å². The highest BCUT2D eigenvalue weighted by atomic mass is 32.2. The zero-order valence-electron chi connectivity index (χ0n) is 14.9. The summed E-state index contributed by atoms with van der Waals surface area (Å²) in [5.74, 6) is -0.310. The van der Waals surface area contributed by atoms with Gasteiger partial charge in [-0.05, 0) is 65.2 Å². The molecule has 0 saturated heterocycles. The Balaban J connectivity index is 1.55. The molecule has 0 saturated carbocycles. The van der Waals surface area contributed by atoms with Crippen molar-refractivity contribution in [3.05, 3.63) is 59.9 Å². The van der Waals surface area contributed by atoms with Gasteiger partial charge in [-0.25, -0.2) is 4.39 Å². The first-order valence-electron chi connectivity index (χ1n) is 8.71. The number of aryl methyl sites for hydroxylation is 1. The Morgan fingerprint density at radius 2 is 1.89 bits per heavy atom. The minimum atomic E-state index is -0.332. The van der Waals surface area contributed by atoms with E-state index in [1.807, 2.05) is 24.3 Å². The van der Waals surface area contributed by atoms with Crippen LogP contribution in [0, 0.1) is 5.82 Å². The summed E-state index contributed by atoms with van der Waals surface area (Å²) in [7, 11) is 0. The van der Waals surface area contributed by atoms with E-state index >= 15 is 0 Å². The van der Waals surface area contributed by atoms with Crippen molar-refractivity contribution < 1.29 is 9.18 Å². The van der Waals surface area contributed by atoms with E-state index in [0.717, 1.165) is 24.9 Å². The standard InChI is InChI=1S/C19H20FN5OS/c1-2-3-4-14-5-9-16(10-6-14)21-18(26)13-27-19-22-23-24-25(19)17-11-7-15(20)8-12-17/h5-12H,2-4,13H2,1H3,(H,21,26). The molecule has 3 aromatic rings. The van der Waals surface area contributed by atoms with Crippen LogP contribution in [0.15, 0.2) is 53.7 Å². The van der Waals surface area contributed by atoms with Crippen molar-refractivity contribution in [3.63, 3.8) is 0 Å². The lowest BCUT2D eigenvalue weighted by molar-refractivity contribution is -0.113. The summed E-state index contributed by atoms with van der Waals surface area (Å²) in [6.07, 6.45) is 3.37. The topological polar surface area (TPSA) is 72.7 Å². The van der Waals surface area contributed by atoms with Gasteiger partial charge >= 0.3 is 0 Å². The molecule has 0 atom stereocenters. The number of carbonyl (C=O) groups excluding carboxylic acids is 1. The number of nitrogens with one attached hydrogen (secondary N) is 1. The van der Waals surface area contributed by atoms with Gasteiger partial charge in [-0.15, -0.1) is 5.10 Å². The monoisotopic (exact) mass is 385 g/mol. The van der Waals surface area contributed by atoms with Gasteiger partial charge in [0.25, 0.3) is 0 Å². The Bertz CT molecular complexity index is 880. The maximum absolute atomic E-state index is 13.1. The van der Waals surface area contributed by atoms with Gasteiger partial charge in [0, 0.05) is 5.69 Å². The third kappa shape index (κ3) is 5.37. The number of rotatable bonds is 8. The van der Waals surface area contributed by atoms with Gasteiger partial charge in [0.1, 0.15) is 5.82 Å². The minimum absolute atomic E-state index is 0.144. The molecule has 6 nitrogen and oxygen atoms in total. The van der Waals surface area contributed by atoms with Crippen molar-refractivity contribution in [2.75, 3.05) is 11.1 Å². The lowest BCUT2D eigenvalue weighted by Crippen LogP contribution is -2.14. The van der Waals surface area contributed by atoms with Crippen LogP contribution in [0.25, 0.3) is 5.69 Å². The molecule has 0 unspecified atom stereocenters. The normalized spacial score (nSPS) is 10.7. The molecule has 0 spiro atoms. The molecule has 0 bridgehead atoms. The summed E-state index contributed by atoms with van der Waals surface area (Å²) in [4.78, 5) is 12.2. The molecule has 0 fully saturated rings. The molecule has 0 radical (unpaired) electrons. The number of amides is 1. The summed E-state index contributed by atoms with van der Waals surface area (Å²) in [5, 5.41) is 14.8. The number of anilines is 1. The quantitative estimate of drug-likeness (QED) is 0.596. The Morgan fingerprint density at radius 3 is 2.59 bits per heavy atom. The van der Waals surface area contributed by atoms with E-state index in [2.05, 4.69) is 27.8 Å². The molecule has 0 aliphatic carbocycles. The molecule has 8 heteroatoms. The Morgan fingerprint density at radius 1 is 1.15 bits per heavy atom. The predicted octanol–water partition coefficient (Wildman–Crippen LogP) is 3.87. The first-order chi connectivity index (χ1) is 13.2. The van der Waals surface area contributed by atoms with Crippen LogP contribution in [0.5, 0.6) is 0 Å². The van der Waals surface area contributed by atoms with Gasteiger partial charge in [-0.1, -0.05) is 37.2 Å². The van der Waals surface area contributed by atoms with Crippen molar-refractivity contribution in [2.45, 2.75) is 31.3 Å². The van der Waals surface area contributed by atoms with Crippen LogP contribution in [0.1, 0.15) is 25.3 Å². The van der Waals surface area contributed by atoms with Gasteiger partial charge in [-0.3, -0.25) is 4.79 Å². The average molecular weight is 385 g/mol. The molecule has 2 aromatic carbocycles. The second kappa shape index (κ2) is 9.27. The third-order valence-corrected chi connectivity index (χ3v) is 4.82. The number of tetrazole rings is 1. The number of nitrogens with zero attached hydrogens (tertiary/aromatic N) is 4. The Labute approximate surface area is 161 Å². The number of unbranched alkanes of at least 4 members (excludes halogenated alkanes) is 1. The van der Waals surface area contributed by atoms with Crippen molar-refractivity contribution in [1.29, 1.82) is 0 Å². The minimum Gasteiger partial charge on any atom is -0.325 e. The van der Waals surface area contributed by atoms with E-state index in [-0.39, 0.29) is 17.5 Å². The predicted molar refractivity (Wildman–Crippen MR) is 104 cm³/mol. The van der Waals surface area contributed by atoms with E-state index in [9.17, 15) is 9.18 Å². The largest absolute Gasteiger partial charge is 0.325 e. The van der Waals surface area contributed by atoms with Crippen LogP contribution in [0.2, 0.25) is 0 Å². The molecule has 140 valence electrons. The van der Waals surface area contributed by atoms with Crippen LogP contribution in [-0.2, 0) is 11.2 Å². The van der Waals surface area contributed by atoms with Crippen LogP contribution in [0.3, 0.4) is 0 Å². The average Bonchev–Trinajstić information content (AvgIpc) is 3.15. The van der Waals surface area contributed by atoms with Gasteiger partial charge in [0.05, 0.1) is 11.4 Å². The Kier molecular flexibility index (Phi) is 6.54. The van der Waals surface area contributed by atoms with Crippen LogP contribution in [0.4, 0.5) is 10.1 Å². The number of benzene rings is 2. The SMILES string of the molecule is CCCCc1ccc(NC(=O)CSc2nnnn2-c2ccc(F)cc2)cc1. The molecular formula is C19H20FN5OS. The molecule has 0 aliphatic rings. The number of hydrogen-bond donors (Lipinski definition) is 1. The fourth-order valence-corrected chi connectivity index (χ4v) is 3.17. The van der Waals surface area contributed by atoms with Crippen LogP contribution < -0.4 is 5.32 Å². The first-order valence-corrected chi connectivity index (χ1v) is 9.70. The lowest BCUT2D eigenvalue weighted by Gasteiger charge is -2.07. The fraction of sp³-hybridized carbons (Fsp3) is 0.263. The molecule has 27 heavy (non-hydrogen) atoms. The Hall–Kier alpha value is -2.74. The molecule has 1 aromatic heterocycles. The van der Waals surface area contributed by atoms with Gasteiger partial charge in [0.2, 0.25) is 11.1 Å². The zero-order valence-corrected chi connectivity index (χ0v) is 15.7. The molecular weight excluding hydrogens is 365 g/mol. The number of carbonyl (C=O) groups is 1. The van der Waals surface area contributed by atoms with Gasteiger partial charge < -0.3 is 5.32 Å². The van der Waals surface area contributed by atoms with Crippen molar-refractivity contribution >= 4 is 23.4 Å². The zero-order chi connectivity index (χ0) is 19.1. The number of halogens is 1. The highest BCUT2D eigenvalue weighted by Crippen LogP contribution is 2.19. The van der Waals surface area contributed by atoms with E-state index in [0.29, 0.717) is 10.8 Å². The highest BCUT2D eigenvalue weighted by molar-refractivity contribution is 7.99. The summed E-state index contributed by atoms with van der Waals surface area (Å²) in [6, 6.07) is 13.7. The van der Waals surface area contributed by atoms with Gasteiger partial charge in [0.15, 0.2) is 0 Å². The molecule has 3 rings (SSSR count). The summed E-state index contributed by atoms with van der Waals surface area (Å²) >= 11 is 1.22. The summed E-state index contributed by atoms with van der Waals surface area (Å²) in [6.45, 7) is 2.17. The maximum Gasteiger partial charge on any atom is 0.234 e. The lowest BCUT2D eigenvalue weighted by atomic mass is 10.1. The third-order valence-electron chi connectivity index (χ3n) is 3.90. The second-order valence-electron chi connectivity index (χ2n) is 5.99. The van der Waals surface area contributed by atoms with Crippen molar-refractivity contribution in [2.24, 2.45) is 0 Å². The highest BCUT2D eigenvalue weighted by Gasteiger charge is 2.12. The summed E-state index contributed by atoms with van der Waals surface area (Å²) in [5.41, 5.74) is 2.66. The summed E-state index contributed by atoms with van der Waals surface area (Å²) < 4.78 is 14.5. The smallest absolute Gasteiger partial charge is 0.234 e. The van der Waals surface area contributed by atoms with Crippen molar-refractivity contribution in [1.82, 2.24) is 20.2 Å². The second-order valence-corrected chi connectivity index (χ2v) is 6.93. The van der Waals surface area contributed by atoms with Gasteiger partial charge in [-0.2, -0.15) is 4.68 Å². The first kappa shape index (κ1) is 19.0. The van der Waals surface area contributed by atoms with Crippen molar-refractivity contribution in [3.8, 4) is 5.69 Å². The molecule has 0 aliphatic heterocycles. The van der Waals surface area contributed by atoms with E-state index in [4.69, 9.17) is 0 Å². The number of hydrogen-bond acceptors (Lipinski definition) is 5. The van der Waals surface area contributed by atoms with E-state index in [1.165, 1.54) is 34.1 Å². The number of thioether (sulfide) groups is 1. The van der Waals surface area contributed by atoms with Crippen LogP contribution in [-0.4, -0.2) is 31.9 Å². The molecule has 1 N–H and O–H groups in total. The van der Waals surface area contributed by atoms with Crippen LogP contribution >= 0.6 is 11.8 Å². The maximum atomic E-state index is 13.1. The molecule has 1 amide bonds. The molecule has 1 heterocycles.